The van der Waals surface area contributed by atoms with Crippen molar-refractivity contribution in [3.05, 3.63) is 23.8 Å². The second kappa shape index (κ2) is 6.38. The van der Waals surface area contributed by atoms with Crippen LogP contribution in [0.4, 0.5) is 0 Å². The van der Waals surface area contributed by atoms with Crippen molar-refractivity contribution in [2.45, 2.75) is 106 Å². The molecular formula is C30H46O. The first-order valence-corrected chi connectivity index (χ1v) is 13.2. The summed E-state index contributed by atoms with van der Waals surface area (Å²) in [5.41, 5.74) is 4.49. The monoisotopic (exact) mass is 422 g/mol. The van der Waals surface area contributed by atoms with Crippen molar-refractivity contribution >= 4 is 5.78 Å². The zero-order chi connectivity index (χ0) is 22.6. The van der Waals surface area contributed by atoms with Gasteiger partial charge in [0.15, 0.2) is 0 Å². The van der Waals surface area contributed by atoms with Crippen molar-refractivity contribution in [2.24, 2.45) is 50.7 Å². The molecule has 1 heteroatoms. The standard InChI is InChI=1S/C30H46O/c1-19(2)20-11-14-27(5)17-18-29(7)21(25(20)27)9-10-23-28(6)15-13-24(31)26(3,4)22(28)12-16-30(23,29)8/h9,20,22-23,25H,1,10-18H2,2-8H3. The third-order valence-corrected chi connectivity index (χ3v) is 12.6. The van der Waals surface area contributed by atoms with Crippen LogP contribution in [0.2, 0.25) is 0 Å². The first-order chi connectivity index (χ1) is 14.3. The highest BCUT2D eigenvalue weighted by molar-refractivity contribution is 5.85. The molecule has 0 heterocycles. The van der Waals surface area contributed by atoms with Crippen LogP contribution < -0.4 is 0 Å². The number of hydrogen-bond donors (Lipinski definition) is 0. The van der Waals surface area contributed by atoms with Gasteiger partial charge in [0.05, 0.1) is 0 Å². The lowest BCUT2D eigenvalue weighted by Gasteiger charge is -2.70. The van der Waals surface area contributed by atoms with Gasteiger partial charge in [-0.05, 0) is 104 Å². The average Bonchev–Trinajstić information content (AvgIpc) is 3.04. The van der Waals surface area contributed by atoms with Gasteiger partial charge >= 0.3 is 0 Å². The van der Waals surface area contributed by atoms with Crippen LogP contribution in [0.15, 0.2) is 23.8 Å². The Morgan fingerprint density at radius 1 is 0.935 bits per heavy atom. The SMILES string of the molecule is C=C(C)C1CCC2(C)CCC3(C)C(=CCC4C5(C)CCC(=O)C(C)(C)C5CCC43C)C12. The molecule has 0 spiro atoms. The highest BCUT2D eigenvalue weighted by Gasteiger charge is 2.68. The first-order valence-electron chi connectivity index (χ1n) is 13.2. The Hall–Kier alpha value is -0.850. The first kappa shape index (κ1) is 22.0. The summed E-state index contributed by atoms with van der Waals surface area (Å²) >= 11 is 0. The molecule has 0 aromatic carbocycles. The minimum atomic E-state index is -0.152. The Morgan fingerprint density at radius 3 is 2.32 bits per heavy atom. The predicted molar refractivity (Wildman–Crippen MR) is 130 cm³/mol. The van der Waals surface area contributed by atoms with E-state index in [0.717, 1.165) is 12.8 Å². The lowest BCUT2D eigenvalue weighted by molar-refractivity contribution is -0.181. The fourth-order valence-corrected chi connectivity index (χ4v) is 10.5. The van der Waals surface area contributed by atoms with Crippen LogP contribution in [0.1, 0.15) is 106 Å². The second-order valence-electron chi connectivity index (χ2n) is 14.1. The summed E-state index contributed by atoms with van der Waals surface area (Å²) in [6.45, 7) is 21.7. The molecule has 5 aliphatic carbocycles. The maximum absolute atomic E-state index is 12.9. The van der Waals surface area contributed by atoms with Gasteiger partial charge in [-0.25, -0.2) is 0 Å². The van der Waals surface area contributed by atoms with E-state index in [1.807, 2.05) is 5.57 Å². The van der Waals surface area contributed by atoms with Crippen molar-refractivity contribution in [3.63, 3.8) is 0 Å². The summed E-state index contributed by atoms with van der Waals surface area (Å²) < 4.78 is 0. The van der Waals surface area contributed by atoms with Crippen molar-refractivity contribution < 1.29 is 4.79 Å². The summed E-state index contributed by atoms with van der Waals surface area (Å²) in [7, 11) is 0. The van der Waals surface area contributed by atoms with Crippen molar-refractivity contribution in [1.29, 1.82) is 0 Å². The Morgan fingerprint density at radius 2 is 1.65 bits per heavy atom. The van der Waals surface area contributed by atoms with Gasteiger partial charge in [0.25, 0.3) is 0 Å². The summed E-state index contributed by atoms with van der Waals surface area (Å²) in [5.74, 6) is 3.14. The average molecular weight is 423 g/mol. The zero-order valence-corrected chi connectivity index (χ0v) is 21.4. The molecule has 0 radical (unpaired) electrons. The molecular weight excluding hydrogens is 376 g/mol. The fraction of sp³-hybridized carbons (Fsp3) is 0.833. The van der Waals surface area contributed by atoms with Crippen LogP contribution in [0.3, 0.4) is 0 Å². The Balaban J connectivity index is 1.60. The number of carbonyl (C=O) groups excluding carboxylic acids is 1. The summed E-state index contributed by atoms with van der Waals surface area (Å²) in [5, 5.41) is 0. The maximum atomic E-state index is 12.9. The second-order valence-corrected chi connectivity index (χ2v) is 14.1. The van der Waals surface area contributed by atoms with E-state index < -0.39 is 0 Å². The molecule has 0 bridgehead atoms. The van der Waals surface area contributed by atoms with Crippen LogP contribution in [0.5, 0.6) is 0 Å². The number of hydrogen-bond acceptors (Lipinski definition) is 1. The molecule has 1 nitrogen and oxygen atoms in total. The number of carbonyl (C=O) groups is 1. The lowest BCUT2D eigenvalue weighted by Crippen LogP contribution is -2.63. The number of Topliss-reactive ketones (excluding diaryl/α,β-unsaturated/α-hetero) is 1. The van der Waals surface area contributed by atoms with Gasteiger partial charge in [0.2, 0.25) is 0 Å². The number of fused-ring (bicyclic) bond motifs is 7. The van der Waals surface area contributed by atoms with Crippen LogP contribution in [-0.4, -0.2) is 5.78 Å². The molecule has 5 aliphatic rings. The van der Waals surface area contributed by atoms with Crippen molar-refractivity contribution in [2.75, 3.05) is 0 Å². The third-order valence-electron chi connectivity index (χ3n) is 12.6. The van der Waals surface area contributed by atoms with Crippen molar-refractivity contribution in [1.82, 2.24) is 0 Å². The molecule has 5 rings (SSSR count). The molecule has 0 amide bonds. The quantitative estimate of drug-likeness (QED) is 0.390. The number of allylic oxidation sites excluding steroid dienone is 3. The van der Waals surface area contributed by atoms with Gasteiger partial charge in [-0.15, -0.1) is 0 Å². The van der Waals surface area contributed by atoms with Gasteiger partial charge in [0, 0.05) is 11.8 Å². The molecule has 8 atom stereocenters. The molecule has 8 unspecified atom stereocenters. The molecule has 172 valence electrons. The highest BCUT2D eigenvalue weighted by Crippen LogP contribution is 2.75. The lowest BCUT2D eigenvalue weighted by atomic mass is 9.34. The van der Waals surface area contributed by atoms with E-state index in [4.69, 9.17) is 0 Å². The van der Waals surface area contributed by atoms with Gasteiger partial charge in [0.1, 0.15) is 5.78 Å². The topological polar surface area (TPSA) is 17.1 Å². The van der Waals surface area contributed by atoms with Crippen LogP contribution >= 0.6 is 0 Å². The van der Waals surface area contributed by atoms with Crippen molar-refractivity contribution in [3.8, 4) is 0 Å². The Labute approximate surface area is 191 Å². The molecule has 31 heavy (non-hydrogen) atoms. The molecule has 0 aromatic rings. The van der Waals surface area contributed by atoms with E-state index in [0.29, 0.717) is 51.1 Å². The molecule has 0 aliphatic heterocycles. The van der Waals surface area contributed by atoms with Crippen LogP contribution in [0, 0.1) is 50.7 Å². The van der Waals surface area contributed by atoms with Gasteiger partial charge < -0.3 is 0 Å². The number of rotatable bonds is 1. The molecule has 0 N–H and O–H groups in total. The minimum Gasteiger partial charge on any atom is -0.299 e. The van der Waals surface area contributed by atoms with E-state index in [-0.39, 0.29) is 5.41 Å². The summed E-state index contributed by atoms with van der Waals surface area (Å²) in [6, 6.07) is 0. The minimum absolute atomic E-state index is 0.152. The maximum Gasteiger partial charge on any atom is 0.138 e. The van der Waals surface area contributed by atoms with E-state index in [2.05, 4.69) is 61.1 Å². The zero-order valence-electron chi connectivity index (χ0n) is 21.4. The number of ketones is 1. The third kappa shape index (κ3) is 2.53. The molecule has 0 saturated heterocycles. The van der Waals surface area contributed by atoms with E-state index in [9.17, 15) is 4.79 Å². The van der Waals surface area contributed by atoms with Gasteiger partial charge in [-0.1, -0.05) is 65.3 Å². The molecule has 4 fully saturated rings. The Kier molecular flexibility index (Phi) is 4.52. The largest absolute Gasteiger partial charge is 0.299 e. The van der Waals surface area contributed by atoms with E-state index >= 15 is 0 Å². The summed E-state index contributed by atoms with van der Waals surface area (Å²) in [4.78, 5) is 12.9. The summed E-state index contributed by atoms with van der Waals surface area (Å²) in [6.07, 6.45) is 13.8. The molecule has 0 aromatic heterocycles. The predicted octanol–water partition coefficient (Wildman–Crippen LogP) is 8.15. The van der Waals surface area contributed by atoms with Gasteiger partial charge in [-0.2, -0.15) is 0 Å². The highest BCUT2D eigenvalue weighted by atomic mass is 16.1. The fourth-order valence-electron chi connectivity index (χ4n) is 10.5. The van der Waals surface area contributed by atoms with Crippen LogP contribution in [-0.2, 0) is 4.79 Å². The van der Waals surface area contributed by atoms with Gasteiger partial charge in [-0.3, -0.25) is 4.79 Å². The molecule has 4 saturated carbocycles. The van der Waals surface area contributed by atoms with Crippen LogP contribution in [0.25, 0.3) is 0 Å². The van der Waals surface area contributed by atoms with E-state index in [1.165, 1.54) is 50.5 Å². The Bertz CT molecular complexity index is 862. The smallest absolute Gasteiger partial charge is 0.138 e. The van der Waals surface area contributed by atoms with E-state index in [1.54, 1.807) is 0 Å². The normalized spacial score (nSPS) is 53.0.